The van der Waals surface area contributed by atoms with Crippen LogP contribution in [0.25, 0.3) is 0 Å². The lowest BCUT2D eigenvalue weighted by molar-refractivity contribution is 0.128. The van der Waals surface area contributed by atoms with E-state index in [1.54, 1.807) is 13.2 Å². The molecule has 6 nitrogen and oxygen atoms in total. The molecule has 0 bridgehead atoms. The van der Waals surface area contributed by atoms with Crippen LogP contribution in [0.15, 0.2) is 28.7 Å². The van der Waals surface area contributed by atoms with Crippen molar-refractivity contribution in [1.82, 2.24) is 9.97 Å². The van der Waals surface area contributed by atoms with E-state index in [0.29, 0.717) is 30.7 Å². The van der Waals surface area contributed by atoms with Gasteiger partial charge in [0.05, 0.1) is 7.11 Å². The van der Waals surface area contributed by atoms with E-state index in [4.69, 9.17) is 15.2 Å². The van der Waals surface area contributed by atoms with Crippen molar-refractivity contribution in [2.45, 2.75) is 13.5 Å². The molecule has 0 saturated carbocycles. The lowest BCUT2D eigenvalue weighted by Gasteiger charge is -2.10. The number of nitrogens with two attached hydrogens (primary N) is 1. The van der Waals surface area contributed by atoms with Crippen molar-refractivity contribution >= 4 is 33.3 Å². The summed E-state index contributed by atoms with van der Waals surface area (Å²) < 4.78 is 11.4. The molecule has 0 fully saturated rings. The molecule has 0 aliphatic carbocycles. The molecule has 21 heavy (non-hydrogen) atoms. The van der Waals surface area contributed by atoms with Crippen LogP contribution in [0.3, 0.4) is 0 Å². The highest BCUT2D eigenvalue weighted by atomic mass is 79.9. The highest BCUT2D eigenvalue weighted by molar-refractivity contribution is 9.10. The summed E-state index contributed by atoms with van der Waals surface area (Å²) in [7, 11) is 1.62. The van der Waals surface area contributed by atoms with E-state index in [-0.39, 0.29) is 0 Å². The first-order valence-electron chi connectivity index (χ1n) is 6.43. The van der Waals surface area contributed by atoms with Gasteiger partial charge in [-0.05, 0) is 19.1 Å². The number of halogens is 1. The Hall–Kier alpha value is -1.86. The quantitative estimate of drug-likeness (QED) is 0.830. The summed E-state index contributed by atoms with van der Waals surface area (Å²) in [5.74, 6) is 2.28. The molecule has 1 aromatic carbocycles. The van der Waals surface area contributed by atoms with Gasteiger partial charge in [0.1, 0.15) is 24.0 Å². The predicted molar refractivity (Wildman–Crippen MR) is 85.8 cm³/mol. The Morgan fingerprint density at radius 1 is 1.24 bits per heavy atom. The van der Waals surface area contributed by atoms with Gasteiger partial charge in [-0.25, -0.2) is 9.97 Å². The number of nitrogens with zero attached hydrogens (tertiary/aromatic N) is 2. The minimum Gasteiger partial charge on any atom is -0.497 e. The van der Waals surface area contributed by atoms with Gasteiger partial charge in [-0.1, -0.05) is 15.9 Å². The maximum atomic E-state index is 5.79. The Balaban J connectivity index is 2.22. The predicted octanol–water partition coefficient (Wildman–Crippen LogP) is 3.11. The van der Waals surface area contributed by atoms with Crippen LogP contribution in [-0.4, -0.2) is 23.7 Å². The van der Waals surface area contributed by atoms with Gasteiger partial charge in [0, 0.05) is 28.9 Å². The number of nitrogen functional groups attached to an aromatic ring is 1. The Morgan fingerprint density at radius 2 is 2.05 bits per heavy atom. The normalized spacial score (nSPS) is 10.4. The lowest BCUT2D eigenvalue weighted by Crippen LogP contribution is -2.05. The van der Waals surface area contributed by atoms with E-state index < -0.39 is 0 Å². The molecule has 1 heterocycles. The number of nitrogens with one attached hydrogen (secondary N) is 1. The molecule has 0 radical (unpaired) electrons. The molecular formula is C14H17BrN4O2. The summed E-state index contributed by atoms with van der Waals surface area (Å²) in [4.78, 5) is 8.50. The fourth-order valence-electron chi connectivity index (χ4n) is 1.74. The third-order valence-corrected chi connectivity index (χ3v) is 3.06. The fourth-order valence-corrected chi connectivity index (χ4v) is 2.21. The van der Waals surface area contributed by atoms with E-state index >= 15 is 0 Å². The average Bonchev–Trinajstić information content (AvgIpc) is 2.43. The molecule has 0 amide bonds. The van der Waals surface area contributed by atoms with Crippen molar-refractivity contribution in [3.8, 4) is 5.75 Å². The maximum Gasteiger partial charge on any atom is 0.158 e. The molecule has 0 aliphatic heterocycles. The standard InChI is InChI=1S/C14H17BrN4O2/c1-3-21-8-14-18-12(16)7-13(19-14)17-10-4-9(15)5-11(6-10)20-2/h4-7H,3,8H2,1-2H3,(H3,16,17,18,19). The first kappa shape index (κ1) is 15.5. The van der Waals surface area contributed by atoms with E-state index in [1.807, 2.05) is 25.1 Å². The minimum absolute atomic E-state index is 0.331. The van der Waals surface area contributed by atoms with Crippen LogP contribution in [0, 0.1) is 0 Å². The van der Waals surface area contributed by atoms with Crippen molar-refractivity contribution in [3.05, 3.63) is 34.6 Å². The number of methoxy groups -OCH3 is 1. The van der Waals surface area contributed by atoms with Gasteiger partial charge in [-0.3, -0.25) is 0 Å². The van der Waals surface area contributed by atoms with E-state index in [1.165, 1.54) is 0 Å². The second kappa shape index (κ2) is 7.24. The number of hydrogen-bond acceptors (Lipinski definition) is 6. The second-order valence-corrected chi connectivity index (χ2v) is 5.15. The zero-order valence-electron chi connectivity index (χ0n) is 11.9. The molecule has 0 saturated heterocycles. The Bertz CT molecular complexity index is 622. The highest BCUT2D eigenvalue weighted by Gasteiger charge is 2.05. The highest BCUT2D eigenvalue weighted by Crippen LogP contribution is 2.26. The summed E-state index contributed by atoms with van der Waals surface area (Å²) in [6, 6.07) is 7.33. The molecule has 0 spiro atoms. The smallest absolute Gasteiger partial charge is 0.158 e. The first-order valence-corrected chi connectivity index (χ1v) is 7.22. The van der Waals surface area contributed by atoms with Crippen molar-refractivity contribution in [2.75, 3.05) is 24.8 Å². The Labute approximate surface area is 131 Å². The largest absolute Gasteiger partial charge is 0.497 e. The molecule has 7 heteroatoms. The molecule has 3 N–H and O–H groups in total. The summed E-state index contributed by atoms with van der Waals surface area (Å²) in [6.07, 6.45) is 0. The molecule has 2 rings (SSSR count). The molecule has 0 atom stereocenters. The molecule has 112 valence electrons. The second-order valence-electron chi connectivity index (χ2n) is 4.24. The number of benzene rings is 1. The van der Waals surface area contributed by atoms with E-state index in [0.717, 1.165) is 15.9 Å². The van der Waals surface area contributed by atoms with Crippen LogP contribution < -0.4 is 15.8 Å². The van der Waals surface area contributed by atoms with Gasteiger partial charge < -0.3 is 20.5 Å². The number of ether oxygens (including phenoxy) is 2. The summed E-state index contributed by atoms with van der Waals surface area (Å²) >= 11 is 3.43. The number of aromatic nitrogens is 2. The first-order chi connectivity index (χ1) is 10.1. The van der Waals surface area contributed by atoms with Gasteiger partial charge >= 0.3 is 0 Å². The van der Waals surface area contributed by atoms with Crippen LogP contribution in [0.4, 0.5) is 17.3 Å². The average molecular weight is 353 g/mol. The van der Waals surface area contributed by atoms with Crippen molar-refractivity contribution in [2.24, 2.45) is 0 Å². The van der Waals surface area contributed by atoms with Crippen molar-refractivity contribution in [1.29, 1.82) is 0 Å². The Kier molecular flexibility index (Phi) is 5.35. The summed E-state index contributed by atoms with van der Waals surface area (Å²) in [6.45, 7) is 2.85. The monoisotopic (exact) mass is 352 g/mol. The maximum absolute atomic E-state index is 5.79. The van der Waals surface area contributed by atoms with Crippen LogP contribution in [0.5, 0.6) is 5.75 Å². The zero-order valence-corrected chi connectivity index (χ0v) is 13.5. The van der Waals surface area contributed by atoms with Gasteiger partial charge in [-0.2, -0.15) is 0 Å². The fraction of sp³-hybridized carbons (Fsp3) is 0.286. The lowest BCUT2D eigenvalue weighted by atomic mass is 10.3. The van der Waals surface area contributed by atoms with Gasteiger partial charge in [-0.15, -0.1) is 0 Å². The molecule has 1 aromatic heterocycles. The third kappa shape index (κ3) is 4.57. The SMILES string of the molecule is CCOCc1nc(N)cc(Nc2cc(Br)cc(OC)c2)n1. The summed E-state index contributed by atoms with van der Waals surface area (Å²) in [5.41, 5.74) is 6.63. The van der Waals surface area contributed by atoms with Gasteiger partial charge in [0.25, 0.3) is 0 Å². The molecule has 0 aliphatic rings. The van der Waals surface area contributed by atoms with Crippen LogP contribution in [0.2, 0.25) is 0 Å². The number of anilines is 3. The summed E-state index contributed by atoms with van der Waals surface area (Å²) in [5, 5.41) is 3.18. The van der Waals surface area contributed by atoms with Crippen LogP contribution in [-0.2, 0) is 11.3 Å². The van der Waals surface area contributed by atoms with Gasteiger partial charge in [0.2, 0.25) is 0 Å². The number of rotatable bonds is 6. The third-order valence-electron chi connectivity index (χ3n) is 2.61. The number of hydrogen-bond donors (Lipinski definition) is 2. The molecular weight excluding hydrogens is 336 g/mol. The molecule has 0 unspecified atom stereocenters. The van der Waals surface area contributed by atoms with Crippen molar-refractivity contribution < 1.29 is 9.47 Å². The zero-order chi connectivity index (χ0) is 15.2. The van der Waals surface area contributed by atoms with E-state index in [2.05, 4.69) is 31.2 Å². The molecule has 2 aromatic rings. The van der Waals surface area contributed by atoms with Crippen LogP contribution in [0.1, 0.15) is 12.7 Å². The van der Waals surface area contributed by atoms with Crippen molar-refractivity contribution in [3.63, 3.8) is 0 Å². The van der Waals surface area contributed by atoms with E-state index in [9.17, 15) is 0 Å². The topological polar surface area (TPSA) is 82.3 Å². The Morgan fingerprint density at radius 3 is 2.76 bits per heavy atom. The van der Waals surface area contributed by atoms with Crippen LogP contribution >= 0.6 is 15.9 Å². The van der Waals surface area contributed by atoms with Gasteiger partial charge in [0.15, 0.2) is 5.82 Å². The minimum atomic E-state index is 0.331.